The van der Waals surface area contributed by atoms with Crippen molar-refractivity contribution in [3.05, 3.63) is 0 Å². The van der Waals surface area contributed by atoms with Gasteiger partial charge in [-0.3, -0.25) is 0 Å². The summed E-state index contributed by atoms with van der Waals surface area (Å²) in [6.45, 7) is 5.93. The normalized spacial score (nSPS) is 23.4. The molecule has 1 aliphatic carbocycles. The minimum Gasteiger partial charge on any atom is -0.233 e. The Labute approximate surface area is 88.0 Å². The molecule has 1 atom stereocenters. The van der Waals surface area contributed by atoms with Crippen LogP contribution in [0.4, 0.5) is 0 Å². The van der Waals surface area contributed by atoms with Crippen LogP contribution in [-0.2, 0) is 9.92 Å². The molecule has 14 heavy (non-hydrogen) atoms. The zero-order valence-electron chi connectivity index (χ0n) is 9.67. The third-order valence-corrected chi connectivity index (χ3v) is 5.60. The molecule has 0 radical (unpaired) electrons. The van der Waals surface area contributed by atoms with Crippen LogP contribution in [0.2, 0.25) is 0 Å². The molecule has 1 saturated carbocycles. The van der Waals surface area contributed by atoms with Gasteiger partial charge in [-0.15, -0.1) is 0 Å². The molecular formula is C10H22N2OS. The Balaban J connectivity index is 2.77. The van der Waals surface area contributed by atoms with Gasteiger partial charge in [-0.05, 0) is 33.6 Å². The van der Waals surface area contributed by atoms with E-state index in [4.69, 9.17) is 0 Å². The van der Waals surface area contributed by atoms with Crippen LogP contribution in [-0.4, -0.2) is 22.0 Å². The lowest BCUT2D eigenvalue weighted by atomic mass is 10.3. The van der Waals surface area contributed by atoms with Crippen molar-refractivity contribution in [2.45, 2.75) is 57.2 Å². The summed E-state index contributed by atoms with van der Waals surface area (Å²) >= 11 is 0. The van der Waals surface area contributed by atoms with Crippen molar-refractivity contribution in [3.63, 3.8) is 0 Å². The van der Waals surface area contributed by atoms with E-state index in [2.05, 4.69) is 9.08 Å². The minimum atomic E-state index is -2.25. The van der Waals surface area contributed by atoms with Gasteiger partial charge in [-0.2, -0.15) is 0 Å². The van der Waals surface area contributed by atoms with Gasteiger partial charge < -0.3 is 0 Å². The van der Waals surface area contributed by atoms with E-state index >= 15 is 0 Å². The Bertz CT molecular complexity index is 292. The Morgan fingerprint density at radius 1 is 1.29 bits per heavy atom. The molecule has 1 N–H and O–H groups in total. The lowest BCUT2D eigenvalue weighted by molar-refractivity contribution is 0.582. The van der Waals surface area contributed by atoms with Crippen molar-refractivity contribution in [1.29, 1.82) is 0 Å². The molecule has 0 aliphatic heterocycles. The molecule has 0 amide bonds. The maximum absolute atomic E-state index is 12.5. The molecule has 0 aromatic rings. The van der Waals surface area contributed by atoms with Crippen molar-refractivity contribution >= 4 is 9.92 Å². The summed E-state index contributed by atoms with van der Waals surface area (Å²) in [7, 11) is -0.603. The first-order chi connectivity index (χ1) is 6.39. The quantitative estimate of drug-likeness (QED) is 0.759. The molecule has 0 bridgehead atoms. The highest BCUT2D eigenvalue weighted by Crippen LogP contribution is 2.23. The second-order valence-corrected chi connectivity index (χ2v) is 7.80. The van der Waals surface area contributed by atoms with Crippen molar-refractivity contribution in [1.82, 2.24) is 4.72 Å². The standard InChI is InChI=1S/C10H22N2OS/c1-10(2,3)14(13,11-4)12-9-7-5-6-8-9/h9H,5-8H2,1-4H3,(H,11,12,13). The van der Waals surface area contributed by atoms with Crippen molar-refractivity contribution in [2.75, 3.05) is 7.05 Å². The second-order valence-electron chi connectivity index (χ2n) is 4.92. The zero-order chi connectivity index (χ0) is 10.8. The molecule has 0 aromatic carbocycles. The average Bonchev–Trinajstić information content (AvgIpc) is 2.54. The van der Waals surface area contributed by atoms with E-state index < -0.39 is 9.92 Å². The lowest BCUT2D eigenvalue weighted by Crippen LogP contribution is -2.43. The zero-order valence-corrected chi connectivity index (χ0v) is 10.5. The van der Waals surface area contributed by atoms with Crippen LogP contribution in [0.3, 0.4) is 0 Å². The summed E-state index contributed by atoms with van der Waals surface area (Å²) in [5.74, 6) is 0. The molecule has 1 unspecified atom stereocenters. The number of nitrogens with one attached hydrogen (secondary N) is 1. The summed E-state index contributed by atoms with van der Waals surface area (Å²) in [5, 5.41) is 0. The topological polar surface area (TPSA) is 41.5 Å². The van der Waals surface area contributed by atoms with Crippen molar-refractivity contribution in [2.24, 2.45) is 4.36 Å². The van der Waals surface area contributed by atoms with Crippen LogP contribution >= 0.6 is 0 Å². The number of hydrogen-bond donors (Lipinski definition) is 1. The van der Waals surface area contributed by atoms with E-state index in [0.29, 0.717) is 6.04 Å². The van der Waals surface area contributed by atoms with E-state index in [0.717, 1.165) is 12.8 Å². The number of hydrogen-bond acceptors (Lipinski definition) is 2. The van der Waals surface area contributed by atoms with Gasteiger partial charge in [0.25, 0.3) is 0 Å². The summed E-state index contributed by atoms with van der Waals surface area (Å²) < 4.78 is 19.5. The third-order valence-electron chi connectivity index (χ3n) is 2.77. The Morgan fingerprint density at radius 3 is 2.14 bits per heavy atom. The van der Waals surface area contributed by atoms with E-state index in [-0.39, 0.29) is 4.75 Å². The summed E-state index contributed by atoms with van der Waals surface area (Å²) in [4.78, 5) is 0. The predicted molar refractivity (Wildman–Crippen MR) is 61.6 cm³/mol. The lowest BCUT2D eigenvalue weighted by Gasteiger charge is -2.27. The average molecular weight is 218 g/mol. The van der Waals surface area contributed by atoms with E-state index in [9.17, 15) is 4.21 Å². The van der Waals surface area contributed by atoms with Crippen molar-refractivity contribution < 1.29 is 4.21 Å². The number of nitrogens with zero attached hydrogens (tertiary/aromatic N) is 1. The van der Waals surface area contributed by atoms with Gasteiger partial charge in [0.2, 0.25) is 0 Å². The van der Waals surface area contributed by atoms with E-state index in [1.165, 1.54) is 12.8 Å². The molecular weight excluding hydrogens is 196 g/mol. The third kappa shape index (κ3) is 2.48. The summed E-state index contributed by atoms with van der Waals surface area (Å²) in [5.41, 5.74) is 0. The van der Waals surface area contributed by atoms with E-state index in [1.54, 1.807) is 7.05 Å². The Morgan fingerprint density at radius 2 is 1.79 bits per heavy atom. The summed E-state index contributed by atoms with van der Waals surface area (Å²) in [6, 6.07) is 0.408. The highest BCUT2D eigenvalue weighted by Gasteiger charge is 2.29. The molecule has 1 fully saturated rings. The SMILES string of the molecule is CN=S(=O)(NC1CCCC1)C(C)(C)C. The van der Waals surface area contributed by atoms with Gasteiger partial charge >= 0.3 is 0 Å². The molecule has 1 aliphatic rings. The second kappa shape index (κ2) is 4.19. The first-order valence-electron chi connectivity index (χ1n) is 5.31. The predicted octanol–water partition coefficient (Wildman–Crippen LogP) is 2.33. The smallest absolute Gasteiger partial charge is 0.112 e. The fourth-order valence-corrected chi connectivity index (χ4v) is 3.47. The molecule has 1 rings (SSSR count). The first-order valence-corrected chi connectivity index (χ1v) is 6.82. The van der Waals surface area contributed by atoms with E-state index in [1.807, 2.05) is 20.8 Å². The fraction of sp³-hybridized carbons (Fsp3) is 1.00. The molecule has 84 valence electrons. The highest BCUT2D eigenvalue weighted by atomic mass is 32.2. The van der Waals surface area contributed by atoms with Crippen LogP contribution in [0.25, 0.3) is 0 Å². The summed E-state index contributed by atoms with van der Waals surface area (Å²) in [6.07, 6.45) is 4.78. The minimum absolute atomic E-state index is 0.287. The van der Waals surface area contributed by atoms with Crippen LogP contribution in [0.1, 0.15) is 46.5 Å². The van der Waals surface area contributed by atoms with Gasteiger partial charge in [0.15, 0.2) is 0 Å². The van der Waals surface area contributed by atoms with Gasteiger partial charge in [0, 0.05) is 13.1 Å². The monoisotopic (exact) mass is 218 g/mol. The van der Waals surface area contributed by atoms with Gasteiger partial charge in [0.05, 0.1) is 4.75 Å². The van der Waals surface area contributed by atoms with Crippen LogP contribution in [0.5, 0.6) is 0 Å². The molecule has 0 heterocycles. The van der Waals surface area contributed by atoms with Crippen LogP contribution in [0.15, 0.2) is 4.36 Å². The highest BCUT2D eigenvalue weighted by molar-refractivity contribution is 7.93. The first kappa shape index (κ1) is 12.0. The van der Waals surface area contributed by atoms with Gasteiger partial charge in [-0.1, -0.05) is 12.8 Å². The molecule has 0 aromatic heterocycles. The van der Waals surface area contributed by atoms with Crippen LogP contribution in [0, 0.1) is 0 Å². The van der Waals surface area contributed by atoms with Crippen LogP contribution < -0.4 is 4.72 Å². The van der Waals surface area contributed by atoms with Gasteiger partial charge in [-0.25, -0.2) is 13.3 Å². The Kier molecular flexibility index (Phi) is 3.58. The Hall–Kier alpha value is -0.0900. The molecule has 3 nitrogen and oxygen atoms in total. The van der Waals surface area contributed by atoms with Crippen molar-refractivity contribution in [3.8, 4) is 0 Å². The fourth-order valence-electron chi connectivity index (χ4n) is 1.77. The largest absolute Gasteiger partial charge is 0.233 e. The maximum Gasteiger partial charge on any atom is 0.112 e. The molecule has 0 saturated heterocycles. The number of rotatable bonds is 2. The molecule has 0 spiro atoms. The molecule has 4 heteroatoms. The maximum atomic E-state index is 12.5. The van der Waals surface area contributed by atoms with Gasteiger partial charge in [0.1, 0.15) is 9.92 Å².